The molecule has 2 aliphatic carbocycles. The lowest BCUT2D eigenvalue weighted by Crippen LogP contribution is -2.16. The number of halogens is 1. The molecule has 2 unspecified atom stereocenters. The van der Waals surface area contributed by atoms with Crippen LogP contribution in [0.25, 0.3) is 0 Å². The van der Waals surface area contributed by atoms with Gasteiger partial charge in [-0.2, -0.15) is 0 Å². The summed E-state index contributed by atoms with van der Waals surface area (Å²) in [6.07, 6.45) is 3.26. The van der Waals surface area contributed by atoms with E-state index >= 15 is 0 Å². The number of hydrogen-bond donors (Lipinski definition) is 0. The normalized spacial score (nSPS) is 30.2. The molecule has 0 heterocycles. The van der Waals surface area contributed by atoms with Gasteiger partial charge in [0.1, 0.15) is 5.82 Å². The molecule has 2 aliphatic rings. The molecule has 0 aliphatic heterocycles. The van der Waals surface area contributed by atoms with Crippen molar-refractivity contribution in [3.63, 3.8) is 0 Å². The highest BCUT2D eigenvalue weighted by Crippen LogP contribution is 2.55. The summed E-state index contributed by atoms with van der Waals surface area (Å²) in [4.78, 5) is 12.3. The lowest BCUT2D eigenvalue weighted by molar-refractivity contribution is 0.0909. The Balaban J connectivity index is 1.90. The van der Waals surface area contributed by atoms with Crippen molar-refractivity contribution in [2.45, 2.75) is 33.1 Å². The van der Waals surface area contributed by atoms with Gasteiger partial charge in [-0.1, -0.05) is 6.07 Å². The largest absolute Gasteiger partial charge is 0.294 e. The SMILES string of the molecule is Cc1cc(C)c(C(=O)C2CC3CC3C2)c(F)c1. The van der Waals surface area contributed by atoms with Crippen LogP contribution in [0, 0.1) is 37.4 Å². The van der Waals surface area contributed by atoms with Crippen molar-refractivity contribution in [2.24, 2.45) is 17.8 Å². The van der Waals surface area contributed by atoms with Gasteiger partial charge in [0, 0.05) is 5.92 Å². The number of carbonyl (C=O) groups excluding carboxylic acids is 1. The monoisotopic (exact) mass is 232 g/mol. The fourth-order valence-corrected chi connectivity index (χ4v) is 3.36. The van der Waals surface area contributed by atoms with E-state index in [0.29, 0.717) is 5.56 Å². The van der Waals surface area contributed by atoms with Crippen LogP contribution in [0.1, 0.15) is 40.7 Å². The van der Waals surface area contributed by atoms with Gasteiger partial charge in [0.05, 0.1) is 5.56 Å². The first-order chi connectivity index (χ1) is 8.06. The molecule has 1 aromatic rings. The Labute approximate surface area is 101 Å². The minimum atomic E-state index is -0.340. The Morgan fingerprint density at radius 1 is 1.18 bits per heavy atom. The predicted molar refractivity (Wildman–Crippen MR) is 64.5 cm³/mol. The molecular formula is C15H17FO. The molecule has 0 aromatic heterocycles. The minimum Gasteiger partial charge on any atom is -0.294 e. The van der Waals surface area contributed by atoms with Crippen LogP contribution in [0.2, 0.25) is 0 Å². The summed E-state index contributed by atoms with van der Waals surface area (Å²) in [5, 5.41) is 0. The standard InChI is InChI=1S/C15H17FO/c1-8-3-9(2)14(13(16)4-8)15(17)12-6-10-5-11(10)7-12/h3-4,10-12H,5-7H2,1-2H3. The van der Waals surface area contributed by atoms with Crippen molar-refractivity contribution in [3.8, 4) is 0 Å². The van der Waals surface area contributed by atoms with E-state index in [9.17, 15) is 9.18 Å². The van der Waals surface area contributed by atoms with Crippen molar-refractivity contribution >= 4 is 5.78 Å². The maximum atomic E-state index is 13.9. The van der Waals surface area contributed by atoms with E-state index in [2.05, 4.69) is 0 Å². The molecule has 0 radical (unpaired) electrons. The second kappa shape index (κ2) is 3.66. The molecule has 0 spiro atoms. The fourth-order valence-electron chi connectivity index (χ4n) is 3.36. The quantitative estimate of drug-likeness (QED) is 0.711. The molecule has 2 atom stereocenters. The third-order valence-corrected chi connectivity index (χ3v) is 4.29. The smallest absolute Gasteiger partial charge is 0.169 e. The van der Waals surface area contributed by atoms with E-state index < -0.39 is 0 Å². The molecule has 17 heavy (non-hydrogen) atoms. The summed E-state index contributed by atoms with van der Waals surface area (Å²) in [6.45, 7) is 3.69. The number of Topliss-reactive ketones (excluding diaryl/α,β-unsaturated/α-hetero) is 1. The van der Waals surface area contributed by atoms with Crippen LogP contribution in [0.15, 0.2) is 12.1 Å². The number of rotatable bonds is 2. The van der Waals surface area contributed by atoms with Crippen LogP contribution in [0.5, 0.6) is 0 Å². The predicted octanol–water partition coefficient (Wildman–Crippen LogP) is 3.67. The van der Waals surface area contributed by atoms with Gasteiger partial charge >= 0.3 is 0 Å². The van der Waals surface area contributed by atoms with Crippen molar-refractivity contribution in [2.75, 3.05) is 0 Å². The van der Waals surface area contributed by atoms with E-state index in [-0.39, 0.29) is 17.5 Å². The Kier molecular flexibility index (Phi) is 2.35. The lowest BCUT2D eigenvalue weighted by atomic mass is 9.90. The summed E-state index contributed by atoms with van der Waals surface area (Å²) < 4.78 is 13.9. The molecule has 3 rings (SSSR count). The van der Waals surface area contributed by atoms with Crippen molar-refractivity contribution in [1.82, 2.24) is 0 Å². The summed E-state index contributed by atoms with van der Waals surface area (Å²) >= 11 is 0. The van der Waals surface area contributed by atoms with Crippen LogP contribution in [0.3, 0.4) is 0 Å². The highest BCUT2D eigenvalue weighted by molar-refractivity contribution is 5.99. The second-order valence-electron chi connectivity index (χ2n) is 5.73. The summed E-state index contributed by atoms with van der Waals surface area (Å²) in [7, 11) is 0. The topological polar surface area (TPSA) is 17.1 Å². The van der Waals surface area contributed by atoms with Gasteiger partial charge in [0.15, 0.2) is 5.78 Å². The molecule has 1 nitrogen and oxygen atoms in total. The third-order valence-electron chi connectivity index (χ3n) is 4.29. The highest BCUT2D eigenvalue weighted by atomic mass is 19.1. The number of benzene rings is 1. The average molecular weight is 232 g/mol. The first-order valence-corrected chi connectivity index (χ1v) is 6.37. The zero-order valence-corrected chi connectivity index (χ0v) is 10.3. The second-order valence-corrected chi connectivity index (χ2v) is 5.73. The minimum absolute atomic E-state index is 0.0344. The molecule has 2 heteroatoms. The molecule has 0 saturated heterocycles. The zero-order valence-electron chi connectivity index (χ0n) is 10.3. The van der Waals surface area contributed by atoms with Crippen LogP contribution >= 0.6 is 0 Å². The number of fused-ring (bicyclic) bond motifs is 1. The van der Waals surface area contributed by atoms with Crippen LogP contribution in [0.4, 0.5) is 4.39 Å². The van der Waals surface area contributed by atoms with E-state index in [1.54, 1.807) is 0 Å². The molecule has 90 valence electrons. The van der Waals surface area contributed by atoms with Gasteiger partial charge < -0.3 is 0 Å². The first kappa shape index (κ1) is 10.9. The molecule has 1 aromatic carbocycles. The van der Waals surface area contributed by atoms with E-state index in [1.165, 1.54) is 12.5 Å². The Hall–Kier alpha value is -1.18. The molecular weight excluding hydrogens is 215 g/mol. The number of carbonyl (C=O) groups is 1. The van der Waals surface area contributed by atoms with Gasteiger partial charge in [-0.05, 0) is 62.1 Å². The van der Waals surface area contributed by atoms with E-state index in [4.69, 9.17) is 0 Å². The van der Waals surface area contributed by atoms with Crippen molar-refractivity contribution < 1.29 is 9.18 Å². The Morgan fingerprint density at radius 2 is 1.82 bits per heavy atom. The van der Waals surface area contributed by atoms with Gasteiger partial charge in [0.25, 0.3) is 0 Å². The highest BCUT2D eigenvalue weighted by Gasteiger charge is 2.48. The summed E-state index contributed by atoms with van der Waals surface area (Å²) in [6, 6.07) is 3.36. The maximum Gasteiger partial charge on any atom is 0.169 e. The summed E-state index contributed by atoms with van der Waals surface area (Å²) in [5.41, 5.74) is 2.00. The first-order valence-electron chi connectivity index (χ1n) is 6.37. The Bertz CT molecular complexity index is 459. The van der Waals surface area contributed by atoms with E-state index in [0.717, 1.165) is 35.8 Å². The zero-order chi connectivity index (χ0) is 12.2. The Morgan fingerprint density at radius 3 is 2.41 bits per heavy atom. The molecule has 0 N–H and O–H groups in total. The van der Waals surface area contributed by atoms with Gasteiger partial charge in [-0.25, -0.2) is 4.39 Å². The van der Waals surface area contributed by atoms with Crippen LogP contribution in [-0.2, 0) is 0 Å². The van der Waals surface area contributed by atoms with Gasteiger partial charge in [0.2, 0.25) is 0 Å². The number of aryl methyl sites for hydroxylation is 2. The average Bonchev–Trinajstić information content (AvgIpc) is 2.84. The summed E-state index contributed by atoms with van der Waals surface area (Å²) in [5.74, 6) is 1.30. The van der Waals surface area contributed by atoms with Crippen LogP contribution < -0.4 is 0 Å². The molecule has 0 bridgehead atoms. The molecule has 0 amide bonds. The third kappa shape index (κ3) is 1.80. The maximum absolute atomic E-state index is 13.9. The van der Waals surface area contributed by atoms with Gasteiger partial charge in [-0.3, -0.25) is 4.79 Å². The molecule has 2 fully saturated rings. The number of hydrogen-bond acceptors (Lipinski definition) is 1. The van der Waals surface area contributed by atoms with Crippen molar-refractivity contribution in [3.05, 3.63) is 34.6 Å². The van der Waals surface area contributed by atoms with Crippen LogP contribution in [-0.4, -0.2) is 5.78 Å². The van der Waals surface area contributed by atoms with E-state index in [1.807, 2.05) is 19.9 Å². The fraction of sp³-hybridized carbons (Fsp3) is 0.533. The molecule has 2 saturated carbocycles. The van der Waals surface area contributed by atoms with Gasteiger partial charge in [-0.15, -0.1) is 0 Å². The number of ketones is 1. The van der Waals surface area contributed by atoms with Crippen molar-refractivity contribution in [1.29, 1.82) is 0 Å². The lowest BCUT2D eigenvalue weighted by Gasteiger charge is -2.13.